The molecule has 42 heavy (non-hydrogen) atoms. The number of rotatable bonds is 19. The van der Waals surface area contributed by atoms with Gasteiger partial charge in [0.05, 0.1) is 78.8 Å². The van der Waals surface area contributed by atoms with Crippen LogP contribution in [0.3, 0.4) is 0 Å². The molecule has 10 heteroatoms. The average molecular weight is 576 g/mol. The van der Waals surface area contributed by atoms with Gasteiger partial charge in [-0.1, -0.05) is 59.8 Å². The molecule has 0 spiro atoms. The van der Waals surface area contributed by atoms with Gasteiger partial charge in [-0.15, -0.1) is 5.10 Å². The Morgan fingerprint density at radius 3 is 2.10 bits per heavy atom. The summed E-state index contributed by atoms with van der Waals surface area (Å²) in [4.78, 5) is 11.1. The molecule has 0 amide bonds. The van der Waals surface area contributed by atoms with Crippen molar-refractivity contribution in [3.63, 3.8) is 0 Å². The van der Waals surface area contributed by atoms with E-state index in [0.29, 0.717) is 72.6 Å². The SMILES string of the molecule is CCOC(=O)COCCOCCOCCOCCn1cc(COCc2ccc3ccc4cccc5ccc2c3c45)nn1. The molecule has 0 radical (unpaired) electrons. The molecule has 0 N–H and O–H groups in total. The average Bonchev–Trinajstić information content (AvgIpc) is 3.46. The second kappa shape index (κ2) is 15.5. The smallest absolute Gasteiger partial charge is 0.332 e. The molecule has 0 atom stereocenters. The van der Waals surface area contributed by atoms with Gasteiger partial charge >= 0.3 is 5.97 Å². The van der Waals surface area contributed by atoms with Crippen molar-refractivity contribution in [2.75, 3.05) is 59.5 Å². The molecule has 0 unspecified atom stereocenters. The van der Waals surface area contributed by atoms with Crippen molar-refractivity contribution in [3.8, 4) is 0 Å². The first-order valence-corrected chi connectivity index (χ1v) is 14.3. The van der Waals surface area contributed by atoms with Crippen LogP contribution in [0.1, 0.15) is 18.2 Å². The van der Waals surface area contributed by atoms with Crippen LogP contribution >= 0.6 is 0 Å². The van der Waals surface area contributed by atoms with Gasteiger partial charge < -0.3 is 28.4 Å². The molecular formula is C32H37N3O7. The molecule has 5 rings (SSSR count). The first-order valence-electron chi connectivity index (χ1n) is 14.3. The number of hydrogen-bond acceptors (Lipinski definition) is 9. The zero-order valence-electron chi connectivity index (χ0n) is 24.0. The fourth-order valence-corrected chi connectivity index (χ4v) is 4.88. The molecule has 0 aliphatic carbocycles. The minimum absolute atomic E-state index is 0.0574. The van der Waals surface area contributed by atoms with Gasteiger partial charge in [-0.05, 0) is 44.8 Å². The second-order valence-electron chi connectivity index (χ2n) is 9.74. The summed E-state index contributed by atoms with van der Waals surface area (Å²) < 4.78 is 34.2. The van der Waals surface area contributed by atoms with Crippen LogP contribution in [0.5, 0.6) is 0 Å². The number of ether oxygens (including phenoxy) is 6. The standard InChI is InChI=1S/C32H37N3O7/c1-2-42-30(36)23-40-19-18-39-17-16-38-15-14-37-13-12-35-20-28(33-34-35)22-41-21-27-9-8-26-7-6-24-4-3-5-25-10-11-29(27)32(26)31(24)25/h3-11,20H,2,12-19,21-23H2,1H3. The largest absolute Gasteiger partial charge is 0.464 e. The predicted octanol–water partition coefficient (Wildman–Crippen LogP) is 4.52. The molecule has 4 aromatic carbocycles. The third-order valence-corrected chi connectivity index (χ3v) is 6.82. The van der Waals surface area contributed by atoms with Crippen molar-refractivity contribution in [1.29, 1.82) is 0 Å². The molecule has 222 valence electrons. The fourth-order valence-electron chi connectivity index (χ4n) is 4.88. The van der Waals surface area contributed by atoms with Crippen molar-refractivity contribution >= 4 is 38.3 Å². The Hall–Kier alpha value is -3.67. The van der Waals surface area contributed by atoms with Gasteiger partial charge in [-0.3, -0.25) is 0 Å². The van der Waals surface area contributed by atoms with Crippen LogP contribution in [0.4, 0.5) is 0 Å². The third-order valence-electron chi connectivity index (χ3n) is 6.82. The van der Waals surface area contributed by atoms with Crippen LogP contribution in [-0.2, 0) is 53.0 Å². The summed E-state index contributed by atoms with van der Waals surface area (Å²) in [6, 6.07) is 19.5. The Balaban J connectivity index is 0.942. The summed E-state index contributed by atoms with van der Waals surface area (Å²) in [5, 5.41) is 16.0. The minimum atomic E-state index is -0.369. The Bertz CT molecular complexity index is 1540. The lowest BCUT2D eigenvalue weighted by atomic mass is 9.92. The number of hydrogen-bond donors (Lipinski definition) is 0. The zero-order valence-corrected chi connectivity index (χ0v) is 24.0. The summed E-state index contributed by atoms with van der Waals surface area (Å²) in [6.45, 7) is 6.62. The Morgan fingerprint density at radius 1 is 0.714 bits per heavy atom. The lowest BCUT2D eigenvalue weighted by molar-refractivity contribution is -0.149. The third kappa shape index (κ3) is 7.99. The predicted molar refractivity (Wildman–Crippen MR) is 159 cm³/mol. The van der Waals surface area contributed by atoms with Crippen LogP contribution in [0.25, 0.3) is 32.3 Å². The lowest BCUT2D eigenvalue weighted by Gasteiger charge is -2.13. The van der Waals surface area contributed by atoms with E-state index in [1.807, 2.05) is 6.20 Å². The molecule has 0 saturated carbocycles. The number of esters is 1. The van der Waals surface area contributed by atoms with Gasteiger partial charge in [0.2, 0.25) is 0 Å². The first kappa shape index (κ1) is 29.8. The van der Waals surface area contributed by atoms with Crippen molar-refractivity contribution < 1.29 is 33.2 Å². The maximum absolute atomic E-state index is 11.1. The van der Waals surface area contributed by atoms with E-state index < -0.39 is 0 Å². The summed E-state index contributed by atoms with van der Waals surface area (Å²) in [7, 11) is 0. The maximum atomic E-state index is 11.1. The molecule has 1 aromatic heterocycles. The zero-order chi connectivity index (χ0) is 29.0. The van der Waals surface area contributed by atoms with Gasteiger partial charge in [0, 0.05) is 0 Å². The maximum Gasteiger partial charge on any atom is 0.332 e. The highest BCUT2D eigenvalue weighted by atomic mass is 16.6. The van der Waals surface area contributed by atoms with E-state index in [9.17, 15) is 4.79 Å². The summed E-state index contributed by atoms with van der Waals surface area (Å²) in [5.74, 6) is -0.369. The molecule has 0 saturated heterocycles. The van der Waals surface area contributed by atoms with Gasteiger partial charge in [0.1, 0.15) is 12.3 Å². The Kier molecular flexibility index (Phi) is 11.0. The van der Waals surface area contributed by atoms with E-state index in [1.165, 1.54) is 32.3 Å². The topological polar surface area (TPSA) is 103 Å². The molecule has 0 aliphatic heterocycles. The molecule has 10 nitrogen and oxygen atoms in total. The molecule has 0 bridgehead atoms. The number of carbonyl (C=O) groups excluding carboxylic acids is 1. The fraction of sp³-hybridized carbons (Fsp3) is 0.406. The van der Waals surface area contributed by atoms with E-state index in [0.717, 1.165) is 11.3 Å². The Morgan fingerprint density at radius 2 is 1.36 bits per heavy atom. The molecule has 0 aliphatic rings. The van der Waals surface area contributed by atoms with Gasteiger partial charge in [-0.2, -0.15) is 0 Å². The van der Waals surface area contributed by atoms with Crippen molar-refractivity contribution in [3.05, 3.63) is 72.1 Å². The highest BCUT2D eigenvalue weighted by molar-refractivity contribution is 6.23. The highest BCUT2D eigenvalue weighted by Crippen LogP contribution is 2.36. The Labute approximate surface area is 244 Å². The summed E-state index contributed by atoms with van der Waals surface area (Å²) in [5.41, 5.74) is 1.94. The van der Waals surface area contributed by atoms with E-state index in [4.69, 9.17) is 28.4 Å². The monoisotopic (exact) mass is 575 g/mol. The number of benzene rings is 4. The van der Waals surface area contributed by atoms with Gasteiger partial charge in [0.15, 0.2) is 0 Å². The van der Waals surface area contributed by atoms with Crippen LogP contribution in [0.15, 0.2) is 60.8 Å². The van der Waals surface area contributed by atoms with Crippen LogP contribution < -0.4 is 0 Å². The molecular weight excluding hydrogens is 538 g/mol. The van der Waals surface area contributed by atoms with E-state index >= 15 is 0 Å². The first-order chi connectivity index (χ1) is 20.7. The normalized spacial score (nSPS) is 11.7. The number of carbonyl (C=O) groups is 1. The van der Waals surface area contributed by atoms with Crippen LogP contribution in [0, 0.1) is 0 Å². The van der Waals surface area contributed by atoms with Crippen LogP contribution in [-0.4, -0.2) is 80.4 Å². The summed E-state index contributed by atoms with van der Waals surface area (Å²) >= 11 is 0. The van der Waals surface area contributed by atoms with Crippen molar-refractivity contribution in [2.45, 2.75) is 26.7 Å². The quantitative estimate of drug-likeness (QED) is 0.0799. The molecule has 1 heterocycles. The molecule has 0 fully saturated rings. The lowest BCUT2D eigenvalue weighted by Crippen LogP contribution is -2.16. The number of nitrogens with zero attached hydrogens (tertiary/aromatic N) is 3. The van der Waals surface area contributed by atoms with E-state index in [1.54, 1.807) is 11.6 Å². The number of aromatic nitrogens is 3. The molecule has 5 aromatic rings. The minimum Gasteiger partial charge on any atom is -0.464 e. The highest BCUT2D eigenvalue weighted by Gasteiger charge is 2.11. The van der Waals surface area contributed by atoms with E-state index in [2.05, 4.69) is 64.9 Å². The van der Waals surface area contributed by atoms with Gasteiger partial charge in [0.25, 0.3) is 0 Å². The van der Waals surface area contributed by atoms with Crippen molar-refractivity contribution in [1.82, 2.24) is 15.0 Å². The van der Waals surface area contributed by atoms with Crippen molar-refractivity contribution in [2.24, 2.45) is 0 Å². The second-order valence-corrected chi connectivity index (χ2v) is 9.74. The van der Waals surface area contributed by atoms with Crippen LogP contribution in [0.2, 0.25) is 0 Å². The van der Waals surface area contributed by atoms with E-state index in [-0.39, 0.29) is 12.6 Å². The van der Waals surface area contributed by atoms with Gasteiger partial charge in [-0.25, -0.2) is 9.48 Å². The summed E-state index contributed by atoms with van der Waals surface area (Å²) in [6.07, 6.45) is 1.89.